The molecule has 0 spiro atoms. The van der Waals surface area contributed by atoms with Crippen LogP contribution < -0.4 is 0 Å². The van der Waals surface area contributed by atoms with Gasteiger partial charge in [-0.15, -0.1) is 0 Å². The minimum Gasteiger partial charge on any atom is -0.309 e. The van der Waals surface area contributed by atoms with Gasteiger partial charge in [-0.3, -0.25) is 0 Å². The van der Waals surface area contributed by atoms with Gasteiger partial charge in [-0.25, -0.2) is 15.0 Å². The highest BCUT2D eigenvalue weighted by Gasteiger charge is 2.33. The topological polar surface area (TPSA) is 144 Å². The van der Waals surface area contributed by atoms with E-state index in [1.807, 2.05) is 95.6 Å². The van der Waals surface area contributed by atoms with Crippen LogP contribution >= 0.6 is 0 Å². The van der Waals surface area contributed by atoms with E-state index in [1.54, 1.807) is 65.2 Å². The van der Waals surface area contributed by atoms with Crippen molar-refractivity contribution in [2.75, 3.05) is 0 Å². The van der Waals surface area contributed by atoms with E-state index in [-0.39, 0.29) is 5.69 Å². The summed E-state index contributed by atoms with van der Waals surface area (Å²) in [5.74, 6) is 1.14. The molecule has 0 aliphatic heterocycles. The van der Waals surface area contributed by atoms with Crippen LogP contribution in [-0.2, 0) is 6.18 Å². The molecular weight excluding hydrogens is 856 g/mol. The van der Waals surface area contributed by atoms with Crippen LogP contribution in [0.2, 0.25) is 0 Å². The fourth-order valence-electron chi connectivity index (χ4n) is 8.99. The highest BCUT2D eigenvalue weighted by Crippen LogP contribution is 2.44. The lowest BCUT2D eigenvalue weighted by Crippen LogP contribution is -2.08. The van der Waals surface area contributed by atoms with E-state index in [4.69, 9.17) is 15.0 Å². The van der Waals surface area contributed by atoms with Crippen LogP contribution in [0.4, 0.5) is 13.2 Å². The minimum atomic E-state index is -4.74. The van der Waals surface area contributed by atoms with Crippen molar-refractivity contribution < 1.29 is 13.2 Å². The average molecular weight is 884 g/mol. The Morgan fingerprint density at radius 1 is 0.368 bits per heavy atom. The number of alkyl halides is 3. The third-order valence-electron chi connectivity index (χ3n) is 12.1. The molecule has 0 aliphatic carbocycles. The molecule has 0 bridgehead atoms. The summed E-state index contributed by atoms with van der Waals surface area (Å²) >= 11 is 0. The number of benzene rings is 8. The van der Waals surface area contributed by atoms with E-state index in [0.717, 1.165) is 23.3 Å². The highest BCUT2D eigenvalue weighted by atomic mass is 19.4. The van der Waals surface area contributed by atoms with E-state index in [2.05, 4.69) is 24.3 Å². The zero-order valence-corrected chi connectivity index (χ0v) is 35.3. The van der Waals surface area contributed by atoms with E-state index < -0.39 is 11.7 Å². The normalized spacial score (nSPS) is 11.4. The summed E-state index contributed by atoms with van der Waals surface area (Å²) in [6.07, 6.45) is -4.74. The van der Waals surface area contributed by atoms with Crippen LogP contribution in [-0.4, -0.2) is 24.1 Å². The molecule has 0 unspecified atom stereocenters. The first-order chi connectivity index (χ1) is 33.1. The molecule has 11 aromatic rings. The molecule has 0 amide bonds. The summed E-state index contributed by atoms with van der Waals surface area (Å²) < 4.78 is 48.8. The Kier molecular flexibility index (Phi) is 9.60. The molecule has 11 rings (SSSR count). The Hall–Kier alpha value is -9.88. The number of fused-ring (bicyclic) bond motifs is 6. The fourth-order valence-corrected chi connectivity index (χ4v) is 8.99. The maximum Gasteiger partial charge on any atom is 0.416 e. The number of nitrogens with zero attached hydrogens (tertiary/aromatic N) is 9. The van der Waals surface area contributed by atoms with Crippen molar-refractivity contribution in [2.45, 2.75) is 6.18 Å². The molecule has 0 radical (unpaired) electrons. The van der Waals surface area contributed by atoms with Gasteiger partial charge < -0.3 is 9.13 Å². The van der Waals surface area contributed by atoms with Crippen molar-refractivity contribution >= 4 is 43.6 Å². The van der Waals surface area contributed by atoms with Crippen LogP contribution in [0.15, 0.2) is 170 Å². The number of nitriles is 4. The maximum absolute atomic E-state index is 15.0. The van der Waals surface area contributed by atoms with Gasteiger partial charge in [0.1, 0.15) is 0 Å². The number of halogens is 3. The van der Waals surface area contributed by atoms with Crippen LogP contribution in [0, 0.1) is 45.3 Å². The SMILES string of the molecule is N#Cc1ccc2c(c1)c1cc(C#N)ccc1n2-c1ccc(-c2nc(-c3ccccc3)nc(-c3ccccc3)n2)cc1-c1ccc(C(F)(F)F)cc1-n1c2ccc(C#N)cc2c2cc(C#N)ccc21. The molecule has 3 heterocycles. The van der Waals surface area contributed by atoms with Crippen molar-refractivity contribution in [3.8, 4) is 80.9 Å². The first-order valence-electron chi connectivity index (χ1n) is 21.1. The van der Waals surface area contributed by atoms with E-state index >= 15 is 13.2 Å². The minimum absolute atomic E-state index is 0.164. The van der Waals surface area contributed by atoms with Crippen LogP contribution in [0.5, 0.6) is 0 Å². The summed E-state index contributed by atoms with van der Waals surface area (Å²) in [6, 6.07) is 57.5. The first kappa shape index (κ1) is 40.9. The Morgan fingerprint density at radius 3 is 1.16 bits per heavy atom. The highest BCUT2D eigenvalue weighted by molar-refractivity contribution is 6.12. The van der Waals surface area contributed by atoms with Gasteiger partial charge in [-0.2, -0.15) is 34.2 Å². The zero-order valence-electron chi connectivity index (χ0n) is 35.3. The van der Waals surface area contributed by atoms with Gasteiger partial charge in [0.05, 0.1) is 85.5 Å². The molecule has 0 atom stereocenters. The molecule has 68 heavy (non-hydrogen) atoms. The van der Waals surface area contributed by atoms with Crippen LogP contribution in [0.25, 0.3) is 100 Å². The third kappa shape index (κ3) is 6.82. The van der Waals surface area contributed by atoms with Gasteiger partial charge >= 0.3 is 6.18 Å². The van der Waals surface area contributed by atoms with Gasteiger partial charge in [0.15, 0.2) is 17.5 Å². The quantitative estimate of drug-likeness (QED) is 0.162. The molecule has 0 fully saturated rings. The van der Waals surface area contributed by atoms with Crippen LogP contribution in [0.3, 0.4) is 0 Å². The second-order valence-corrected chi connectivity index (χ2v) is 16.0. The van der Waals surface area contributed by atoms with E-state index in [1.165, 1.54) is 6.07 Å². The number of hydrogen-bond donors (Lipinski definition) is 0. The zero-order chi connectivity index (χ0) is 46.7. The molecule has 318 valence electrons. The first-order valence-corrected chi connectivity index (χ1v) is 21.1. The molecule has 0 saturated heterocycles. The molecular formula is C56H28F3N9. The fraction of sp³-hybridized carbons (Fsp3) is 0.0179. The maximum atomic E-state index is 15.0. The molecule has 9 nitrogen and oxygen atoms in total. The molecule has 0 saturated carbocycles. The summed E-state index contributed by atoms with van der Waals surface area (Å²) in [7, 11) is 0. The van der Waals surface area contributed by atoms with Gasteiger partial charge in [-0.05, 0) is 103 Å². The van der Waals surface area contributed by atoms with Gasteiger partial charge in [0.2, 0.25) is 0 Å². The lowest BCUT2D eigenvalue weighted by atomic mass is 9.96. The number of aromatic nitrogens is 5. The van der Waals surface area contributed by atoms with Gasteiger partial charge in [0.25, 0.3) is 0 Å². The smallest absolute Gasteiger partial charge is 0.309 e. The summed E-state index contributed by atoms with van der Waals surface area (Å²) in [4.78, 5) is 14.9. The second-order valence-electron chi connectivity index (χ2n) is 16.0. The lowest BCUT2D eigenvalue weighted by molar-refractivity contribution is -0.137. The number of rotatable bonds is 6. The monoisotopic (exact) mass is 883 g/mol. The Labute approximate surface area is 385 Å². The third-order valence-corrected chi connectivity index (χ3v) is 12.1. The second kappa shape index (κ2) is 16.0. The molecule has 0 N–H and O–H groups in total. The standard InChI is InChI=1S/C56H28F3N9/c57-56(58,59)40-16-17-41(52(28-40)68-49-20-13-35(31-62)25-44(49)45-26-36(32-63)14-21-50(45)68)46-27-39(55-65-53(37-7-3-1-4-8-37)64-54(66-55)38-9-5-2-6-10-38)15-22-51(46)67-47-18-11-33(29-60)23-42(47)43-24-34(30-61)12-19-48(43)67/h1-28H. The summed E-state index contributed by atoms with van der Waals surface area (Å²) in [5.41, 5.74) is 6.60. The molecule has 8 aromatic carbocycles. The molecule has 3 aromatic heterocycles. The van der Waals surface area contributed by atoms with Crippen LogP contribution in [0.1, 0.15) is 27.8 Å². The van der Waals surface area contributed by atoms with Gasteiger partial charge in [-0.1, -0.05) is 66.7 Å². The van der Waals surface area contributed by atoms with Crippen molar-refractivity contribution in [3.05, 3.63) is 198 Å². The van der Waals surface area contributed by atoms with Gasteiger partial charge in [0, 0.05) is 49.4 Å². The summed E-state index contributed by atoms with van der Waals surface area (Å²) in [5, 5.41) is 42.4. The van der Waals surface area contributed by atoms with Crippen molar-refractivity contribution in [1.82, 2.24) is 24.1 Å². The summed E-state index contributed by atoms with van der Waals surface area (Å²) in [6.45, 7) is 0. The average Bonchev–Trinajstić information content (AvgIpc) is 3.89. The molecule has 0 aliphatic rings. The van der Waals surface area contributed by atoms with Crippen molar-refractivity contribution in [3.63, 3.8) is 0 Å². The van der Waals surface area contributed by atoms with Crippen molar-refractivity contribution in [2.24, 2.45) is 0 Å². The largest absolute Gasteiger partial charge is 0.416 e. The van der Waals surface area contributed by atoms with E-state index in [0.29, 0.717) is 106 Å². The Balaban J connectivity index is 1.28. The predicted molar refractivity (Wildman–Crippen MR) is 254 cm³/mol. The van der Waals surface area contributed by atoms with E-state index in [9.17, 15) is 21.0 Å². The van der Waals surface area contributed by atoms with Crippen molar-refractivity contribution in [1.29, 1.82) is 21.0 Å². The number of hydrogen-bond acceptors (Lipinski definition) is 7. The molecule has 12 heteroatoms. The predicted octanol–water partition coefficient (Wildman–Crippen LogP) is 13.2. The Morgan fingerprint density at radius 2 is 0.765 bits per heavy atom. The lowest BCUT2D eigenvalue weighted by Gasteiger charge is -2.21. The Bertz CT molecular complexity index is 3870.